The third-order valence-corrected chi connectivity index (χ3v) is 4.37. The normalized spacial score (nSPS) is 15.8. The Hall–Kier alpha value is -3.42. The third-order valence-electron chi connectivity index (χ3n) is 4.37. The molecule has 2 aromatic rings. The van der Waals surface area contributed by atoms with E-state index in [1.165, 1.54) is 30.0 Å². The summed E-state index contributed by atoms with van der Waals surface area (Å²) in [6.45, 7) is 1.86. The average Bonchev–Trinajstić information content (AvgIpc) is 3.13. The second kappa shape index (κ2) is 8.51. The number of carbonyl (C=O) groups is 3. The quantitative estimate of drug-likeness (QED) is 0.754. The highest BCUT2D eigenvalue weighted by atomic mass is 19.1. The Bertz CT molecular complexity index is 885. The highest BCUT2D eigenvalue weighted by Crippen LogP contribution is 2.22. The van der Waals surface area contributed by atoms with Crippen LogP contribution in [0.25, 0.3) is 0 Å². The molecule has 1 saturated heterocycles. The highest BCUT2D eigenvalue weighted by molar-refractivity contribution is 5.99. The molecule has 8 heteroatoms. The van der Waals surface area contributed by atoms with Gasteiger partial charge < -0.3 is 20.9 Å². The number of amides is 4. The molecule has 0 aromatic heterocycles. The topological polar surface area (TPSA) is 90.5 Å². The number of likely N-dealkylation sites (tertiary alicyclic amines) is 1. The third kappa shape index (κ3) is 4.85. The molecular weight excluding hydrogens is 363 g/mol. The summed E-state index contributed by atoms with van der Waals surface area (Å²) in [6, 6.07) is 11.3. The highest BCUT2D eigenvalue weighted by Gasteiger charge is 2.34. The van der Waals surface area contributed by atoms with Gasteiger partial charge in [0, 0.05) is 30.5 Å². The number of hydrogen-bond donors (Lipinski definition) is 3. The number of nitrogens with zero attached hydrogens (tertiary/aromatic N) is 1. The van der Waals surface area contributed by atoms with E-state index < -0.39 is 17.9 Å². The van der Waals surface area contributed by atoms with Crippen molar-refractivity contribution in [3.63, 3.8) is 0 Å². The number of nitrogens with one attached hydrogen (secondary N) is 3. The molecular formula is C20H21FN4O3. The van der Waals surface area contributed by atoms with Crippen LogP contribution in [0.2, 0.25) is 0 Å². The predicted molar refractivity (Wildman–Crippen MR) is 105 cm³/mol. The van der Waals surface area contributed by atoms with Crippen molar-refractivity contribution in [2.45, 2.75) is 25.8 Å². The Kier molecular flexibility index (Phi) is 5.88. The molecule has 4 amide bonds. The zero-order valence-electron chi connectivity index (χ0n) is 15.4. The maximum Gasteiger partial charge on any atom is 0.322 e. The summed E-state index contributed by atoms with van der Waals surface area (Å²) in [7, 11) is 0. The first-order valence-electron chi connectivity index (χ1n) is 8.94. The van der Waals surface area contributed by atoms with Crippen LogP contribution in [-0.2, 0) is 9.59 Å². The summed E-state index contributed by atoms with van der Waals surface area (Å²) < 4.78 is 13.3. The Morgan fingerprint density at radius 3 is 2.29 bits per heavy atom. The molecule has 0 bridgehead atoms. The number of benzene rings is 2. The van der Waals surface area contributed by atoms with Gasteiger partial charge in [-0.05, 0) is 55.3 Å². The van der Waals surface area contributed by atoms with Gasteiger partial charge in [-0.15, -0.1) is 0 Å². The lowest BCUT2D eigenvalue weighted by Crippen LogP contribution is -2.45. The second-order valence-corrected chi connectivity index (χ2v) is 6.54. The average molecular weight is 384 g/mol. The minimum atomic E-state index is -0.608. The van der Waals surface area contributed by atoms with E-state index >= 15 is 0 Å². The molecule has 28 heavy (non-hydrogen) atoms. The van der Waals surface area contributed by atoms with Crippen molar-refractivity contribution in [3.8, 4) is 0 Å². The Labute approximate surface area is 161 Å². The minimum Gasteiger partial charge on any atom is -0.326 e. The molecule has 3 N–H and O–H groups in total. The molecule has 7 nitrogen and oxygen atoms in total. The van der Waals surface area contributed by atoms with E-state index in [9.17, 15) is 18.8 Å². The number of anilines is 3. The van der Waals surface area contributed by atoms with Gasteiger partial charge in [-0.25, -0.2) is 9.18 Å². The number of carbonyl (C=O) groups excluding carboxylic acids is 3. The van der Waals surface area contributed by atoms with Crippen LogP contribution >= 0.6 is 0 Å². The van der Waals surface area contributed by atoms with Crippen molar-refractivity contribution in [2.75, 3.05) is 22.5 Å². The fraction of sp³-hybridized carbons (Fsp3) is 0.250. The van der Waals surface area contributed by atoms with Crippen molar-refractivity contribution in [1.82, 2.24) is 4.90 Å². The van der Waals surface area contributed by atoms with Gasteiger partial charge in [-0.1, -0.05) is 6.07 Å². The first-order valence-corrected chi connectivity index (χ1v) is 8.94. The molecule has 0 spiro atoms. The molecule has 1 fully saturated rings. The lowest BCUT2D eigenvalue weighted by Gasteiger charge is -2.24. The van der Waals surface area contributed by atoms with Crippen LogP contribution in [0, 0.1) is 5.82 Å². The zero-order chi connectivity index (χ0) is 20.1. The van der Waals surface area contributed by atoms with Crippen LogP contribution in [0.1, 0.15) is 19.8 Å². The van der Waals surface area contributed by atoms with Crippen LogP contribution < -0.4 is 16.0 Å². The summed E-state index contributed by atoms with van der Waals surface area (Å²) in [5.74, 6) is -0.918. The van der Waals surface area contributed by atoms with E-state index in [4.69, 9.17) is 0 Å². The number of hydrogen-bond acceptors (Lipinski definition) is 3. The molecule has 0 aliphatic carbocycles. The van der Waals surface area contributed by atoms with Gasteiger partial charge >= 0.3 is 6.03 Å². The summed E-state index contributed by atoms with van der Waals surface area (Å²) in [5.41, 5.74) is 1.53. The van der Waals surface area contributed by atoms with Gasteiger partial charge in [-0.2, -0.15) is 0 Å². The molecule has 2 aromatic carbocycles. The Morgan fingerprint density at radius 1 is 0.964 bits per heavy atom. The standard InChI is InChI=1S/C20H21FN4O3/c1-13(26)22-15-7-9-16(10-8-15)23-19(27)18-6-3-11-25(18)20(28)24-17-5-2-4-14(21)12-17/h2,4-5,7-10,12,18H,3,6,11H2,1H3,(H,22,26)(H,23,27)(H,24,28)/t18-/m0/s1. The van der Waals surface area contributed by atoms with Gasteiger partial charge in [0.1, 0.15) is 11.9 Å². The van der Waals surface area contributed by atoms with E-state index in [2.05, 4.69) is 16.0 Å². The van der Waals surface area contributed by atoms with Gasteiger partial charge in [0.05, 0.1) is 0 Å². The minimum absolute atomic E-state index is 0.178. The summed E-state index contributed by atoms with van der Waals surface area (Å²) in [5, 5.41) is 8.06. The monoisotopic (exact) mass is 384 g/mol. The molecule has 0 unspecified atom stereocenters. The largest absolute Gasteiger partial charge is 0.326 e. The lowest BCUT2D eigenvalue weighted by atomic mass is 10.2. The SMILES string of the molecule is CC(=O)Nc1ccc(NC(=O)[C@@H]2CCCN2C(=O)Nc2cccc(F)c2)cc1. The van der Waals surface area contributed by atoms with Gasteiger partial charge in [-0.3, -0.25) is 9.59 Å². The fourth-order valence-corrected chi connectivity index (χ4v) is 3.11. The van der Waals surface area contributed by atoms with Gasteiger partial charge in [0.25, 0.3) is 0 Å². The van der Waals surface area contributed by atoms with Gasteiger partial charge in [0.15, 0.2) is 0 Å². The van der Waals surface area contributed by atoms with Crippen molar-refractivity contribution in [1.29, 1.82) is 0 Å². The van der Waals surface area contributed by atoms with Crippen molar-refractivity contribution in [3.05, 3.63) is 54.3 Å². The Balaban J connectivity index is 1.62. The molecule has 146 valence electrons. The molecule has 1 atom stereocenters. The number of halogens is 1. The van der Waals surface area contributed by atoms with E-state index in [0.29, 0.717) is 36.4 Å². The molecule has 1 aliphatic heterocycles. The number of rotatable bonds is 4. The van der Waals surface area contributed by atoms with Crippen LogP contribution in [0.3, 0.4) is 0 Å². The maximum atomic E-state index is 13.3. The van der Waals surface area contributed by atoms with Crippen molar-refractivity contribution >= 4 is 34.9 Å². The van der Waals surface area contributed by atoms with Crippen molar-refractivity contribution in [2.24, 2.45) is 0 Å². The van der Waals surface area contributed by atoms with E-state index in [1.807, 2.05) is 0 Å². The molecule has 3 rings (SSSR count). The number of urea groups is 1. The molecule has 0 radical (unpaired) electrons. The zero-order valence-corrected chi connectivity index (χ0v) is 15.4. The molecule has 1 heterocycles. The van der Waals surface area contributed by atoms with Gasteiger partial charge in [0.2, 0.25) is 11.8 Å². The molecule has 1 aliphatic rings. The Morgan fingerprint density at radius 2 is 1.64 bits per heavy atom. The van der Waals surface area contributed by atoms with E-state index in [-0.39, 0.29) is 11.8 Å². The van der Waals surface area contributed by atoms with Crippen LogP contribution in [-0.4, -0.2) is 35.3 Å². The summed E-state index contributed by atoms with van der Waals surface area (Å²) >= 11 is 0. The van der Waals surface area contributed by atoms with Crippen LogP contribution in [0.5, 0.6) is 0 Å². The first-order chi connectivity index (χ1) is 13.4. The fourth-order valence-electron chi connectivity index (χ4n) is 3.11. The smallest absolute Gasteiger partial charge is 0.322 e. The van der Waals surface area contributed by atoms with Crippen LogP contribution in [0.4, 0.5) is 26.2 Å². The van der Waals surface area contributed by atoms with E-state index in [1.54, 1.807) is 30.3 Å². The van der Waals surface area contributed by atoms with E-state index in [0.717, 1.165) is 0 Å². The summed E-state index contributed by atoms with van der Waals surface area (Å²) in [6.07, 6.45) is 1.25. The maximum absolute atomic E-state index is 13.3. The molecule has 0 saturated carbocycles. The predicted octanol–water partition coefficient (Wildman–Crippen LogP) is 3.42. The lowest BCUT2D eigenvalue weighted by molar-refractivity contribution is -0.119. The van der Waals surface area contributed by atoms with Crippen LogP contribution in [0.15, 0.2) is 48.5 Å². The second-order valence-electron chi connectivity index (χ2n) is 6.54. The summed E-state index contributed by atoms with van der Waals surface area (Å²) in [4.78, 5) is 37.7. The first kappa shape index (κ1) is 19.3. The van der Waals surface area contributed by atoms with Crippen molar-refractivity contribution < 1.29 is 18.8 Å².